The zero-order valence-corrected chi connectivity index (χ0v) is 15.6. The van der Waals surface area contributed by atoms with Crippen LogP contribution in [0, 0.1) is 11.3 Å². The molecule has 0 aromatic carbocycles. The van der Waals surface area contributed by atoms with E-state index in [9.17, 15) is 9.59 Å². The molecule has 6 nitrogen and oxygen atoms in total. The summed E-state index contributed by atoms with van der Waals surface area (Å²) in [4.78, 5) is 31.1. The Hall–Kier alpha value is -2.21. The van der Waals surface area contributed by atoms with E-state index in [0.717, 1.165) is 25.0 Å². The van der Waals surface area contributed by atoms with E-state index in [1.165, 1.54) is 11.1 Å². The fourth-order valence-corrected chi connectivity index (χ4v) is 3.26. The molecule has 7 heteroatoms. The quantitative estimate of drug-likeness (QED) is 0.700. The zero-order valence-electron chi connectivity index (χ0n) is 14.8. The highest BCUT2D eigenvalue weighted by Gasteiger charge is 2.42. The van der Waals surface area contributed by atoms with Crippen molar-refractivity contribution in [3.8, 4) is 0 Å². The number of amides is 2. The van der Waals surface area contributed by atoms with Crippen molar-refractivity contribution in [2.45, 2.75) is 44.6 Å². The summed E-state index contributed by atoms with van der Waals surface area (Å²) in [6.45, 7) is 1.86. The molecule has 0 saturated heterocycles. The third-order valence-corrected chi connectivity index (χ3v) is 5.14. The lowest BCUT2D eigenvalue weighted by Gasteiger charge is -2.23. The standard InChI is InChI=1S/C19H23ClN4O2/c1-2-16-22-15(13-3-5-14(20)6-4-13)7-8-18(26)24(16)11-17(25)23-19(12-21)9-10-19/h3,5-7,12-13,21H,2,4,8-11H2,1H3,(H,23,25). The Morgan fingerprint density at radius 2 is 2.27 bits per heavy atom. The van der Waals surface area contributed by atoms with Crippen LogP contribution >= 0.6 is 11.6 Å². The van der Waals surface area contributed by atoms with Gasteiger partial charge in [0.1, 0.15) is 12.4 Å². The third-order valence-electron chi connectivity index (χ3n) is 4.86. The normalized spacial score (nSPS) is 24.2. The van der Waals surface area contributed by atoms with Gasteiger partial charge in [-0.1, -0.05) is 36.8 Å². The average molecular weight is 375 g/mol. The van der Waals surface area contributed by atoms with Crippen LogP contribution in [0.15, 0.2) is 40.0 Å². The van der Waals surface area contributed by atoms with Gasteiger partial charge in [0.25, 0.3) is 0 Å². The van der Waals surface area contributed by atoms with Gasteiger partial charge in [0.05, 0.1) is 5.54 Å². The Kier molecular flexibility index (Phi) is 5.41. The number of carbonyl (C=O) groups is 2. The molecule has 0 radical (unpaired) electrons. The predicted octanol–water partition coefficient (Wildman–Crippen LogP) is 2.91. The van der Waals surface area contributed by atoms with Crippen LogP contribution < -0.4 is 5.32 Å². The van der Waals surface area contributed by atoms with E-state index >= 15 is 0 Å². The van der Waals surface area contributed by atoms with Gasteiger partial charge in [0.15, 0.2) is 0 Å². The second-order valence-corrected chi connectivity index (χ2v) is 7.27. The molecule has 138 valence electrons. The van der Waals surface area contributed by atoms with E-state index in [1.54, 1.807) is 0 Å². The van der Waals surface area contributed by atoms with Crippen molar-refractivity contribution in [2.75, 3.05) is 6.54 Å². The molecule has 3 rings (SSSR count). The van der Waals surface area contributed by atoms with Crippen molar-refractivity contribution in [2.24, 2.45) is 10.9 Å². The van der Waals surface area contributed by atoms with Gasteiger partial charge in [0.2, 0.25) is 11.8 Å². The number of rotatable bonds is 6. The first-order valence-corrected chi connectivity index (χ1v) is 9.28. The van der Waals surface area contributed by atoms with E-state index in [4.69, 9.17) is 22.0 Å². The SMILES string of the molecule is CCC1=NC(C2C=CC(Cl)=CC2)=CCC(=O)N1CC(=O)NC1(C=N)CC1. The first kappa shape index (κ1) is 18.6. The number of allylic oxidation sites excluding steroid dienone is 4. The fraction of sp³-hybridized carbons (Fsp3) is 0.474. The molecule has 1 unspecified atom stereocenters. The number of nitrogens with zero attached hydrogens (tertiary/aromatic N) is 2. The van der Waals surface area contributed by atoms with E-state index < -0.39 is 5.54 Å². The molecule has 0 aromatic rings. The van der Waals surface area contributed by atoms with Gasteiger partial charge in [-0.05, 0) is 25.3 Å². The molecule has 0 spiro atoms. The molecule has 3 aliphatic rings. The molecule has 2 N–H and O–H groups in total. The molecule has 1 heterocycles. The van der Waals surface area contributed by atoms with Crippen LogP contribution in [0.1, 0.15) is 39.0 Å². The molecule has 2 aliphatic carbocycles. The Morgan fingerprint density at radius 1 is 1.50 bits per heavy atom. The van der Waals surface area contributed by atoms with Crippen molar-refractivity contribution >= 4 is 35.5 Å². The lowest BCUT2D eigenvalue weighted by Crippen LogP contribution is -2.47. The van der Waals surface area contributed by atoms with Crippen molar-refractivity contribution in [1.82, 2.24) is 10.2 Å². The van der Waals surface area contributed by atoms with Crippen molar-refractivity contribution < 1.29 is 9.59 Å². The molecular formula is C19H23ClN4O2. The lowest BCUT2D eigenvalue weighted by atomic mass is 9.96. The van der Waals surface area contributed by atoms with E-state index in [1.807, 2.05) is 31.2 Å². The van der Waals surface area contributed by atoms with Crippen LogP contribution in [-0.2, 0) is 9.59 Å². The summed E-state index contributed by atoms with van der Waals surface area (Å²) in [5.74, 6) is 0.302. The highest BCUT2D eigenvalue weighted by molar-refractivity contribution is 6.31. The van der Waals surface area contributed by atoms with Gasteiger partial charge in [-0.15, -0.1) is 0 Å². The summed E-state index contributed by atoms with van der Waals surface area (Å²) >= 11 is 5.98. The van der Waals surface area contributed by atoms with Gasteiger partial charge in [-0.25, -0.2) is 4.99 Å². The molecule has 26 heavy (non-hydrogen) atoms. The number of aliphatic imine (C=N–C) groups is 1. The molecule has 1 saturated carbocycles. The van der Waals surface area contributed by atoms with Crippen LogP contribution in [0.2, 0.25) is 0 Å². The Balaban J connectivity index is 1.73. The van der Waals surface area contributed by atoms with Gasteiger partial charge in [-0.2, -0.15) is 0 Å². The van der Waals surface area contributed by atoms with Crippen LogP contribution in [0.3, 0.4) is 0 Å². The molecule has 1 aliphatic heterocycles. The number of hydrogen-bond acceptors (Lipinski definition) is 4. The first-order chi connectivity index (χ1) is 12.5. The Labute approximate surface area is 158 Å². The third kappa shape index (κ3) is 4.12. The summed E-state index contributed by atoms with van der Waals surface area (Å²) in [6, 6.07) is 0. The summed E-state index contributed by atoms with van der Waals surface area (Å²) in [5.41, 5.74) is 0.338. The van der Waals surface area contributed by atoms with Crippen molar-refractivity contribution in [3.63, 3.8) is 0 Å². The van der Waals surface area contributed by atoms with Gasteiger partial charge < -0.3 is 10.7 Å². The number of hydrogen-bond donors (Lipinski definition) is 2. The predicted molar refractivity (Wildman–Crippen MR) is 102 cm³/mol. The van der Waals surface area contributed by atoms with Crippen LogP contribution in [0.25, 0.3) is 0 Å². The largest absolute Gasteiger partial charge is 0.344 e. The smallest absolute Gasteiger partial charge is 0.240 e. The number of amidine groups is 1. The minimum Gasteiger partial charge on any atom is -0.344 e. The van der Waals surface area contributed by atoms with Crippen molar-refractivity contribution in [1.29, 1.82) is 5.41 Å². The maximum absolute atomic E-state index is 12.6. The molecular weight excluding hydrogens is 352 g/mol. The van der Waals surface area contributed by atoms with E-state index in [0.29, 0.717) is 17.3 Å². The Morgan fingerprint density at radius 3 is 2.85 bits per heavy atom. The minimum atomic E-state index is -0.503. The average Bonchev–Trinajstić information content (AvgIpc) is 3.42. The highest BCUT2D eigenvalue weighted by Crippen LogP contribution is 2.33. The highest BCUT2D eigenvalue weighted by atomic mass is 35.5. The summed E-state index contributed by atoms with van der Waals surface area (Å²) in [7, 11) is 0. The summed E-state index contributed by atoms with van der Waals surface area (Å²) < 4.78 is 0. The second kappa shape index (κ2) is 7.58. The van der Waals surface area contributed by atoms with E-state index in [2.05, 4.69) is 5.32 Å². The van der Waals surface area contributed by atoms with Gasteiger partial charge >= 0.3 is 0 Å². The number of halogens is 1. The van der Waals surface area contributed by atoms with Gasteiger partial charge in [-0.3, -0.25) is 14.5 Å². The topological polar surface area (TPSA) is 85.6 Å². The summed E-state index contributed by atoms with van der Waals surface area (Å²) in [6.07, 6.45) is 12.0. The molecule has 1 atom stereocenters. The molecule has 0 aromatic heterocycles. The fourth-order valence-electron chi connectivity index (χ4n) is 3.10. The molecule has 0 bridgehead atoms. The summed E-state index contributed by atoms with van der Waals surface area (Å²) in [5, 5.41) is 11.0. The monoisotopic (exact) mass is 374 g/mol. The van der Waals surface area contributed by atoms with Crippen molar-refractivity contribution in [3.05, 3.63) is 35.0 Å². The zero-order chi connectivity index (χ0) is 18.7. The first-order valence-electron chi connectivity index (χ1n) is 8.91. The molecule has 1 fully saturated rings. The van der Waals surface area contributed by atoms with Crippen LogP contribution in [-0.4, -0.2) is 40.8 Å². The molecule has 2 amide bonds. The van der Waals surface area contributed by atoms with Gasteiger partial charge in [0, 0.05) is 35.7 Å². The second-order valence-electron chi connectivity index (χ2n) is 6.83. The number of carbonyl (C=O) groups excluding carboxylic acids is 2. The van der Waals surface area contributed by atoms with E-state index in [-0.39, 0.29) is 30.7 Å². The Bertz CT molecular complexity index is 747. The lowest BCUT2D eigenvalue weighted by molar-refractivity contribution is -0.131. The number of nitrogens with one attached hydrogen (secondary N) is 2. The maximum Gasteiger partial charge on any atom is 0.240 e. The van der Waals surface area contributed by atoms with Crippen LogP contribution in [0.5, 0.6) is 0 Å². The maximum atomic E-state index is 12.6. The van der Waals surface area contributed by atoms with Crippen LogP contribution in [0.4, 0.5) is 0 Å². The minimum absolute atomic E-state index is 0.0611.